The van der Waals surface area contributed by atoms with Crippen molar-refractivity contribution in [1.29, 1.82) is 0 Å². The number of amides is 1. The van der Waals surface area contributed by atoms with E-state index < -0.39 is 11.9 Å². The SMILES string of the molecule is COC(=O)CCC1(C2CC2)NC(O)NC1=O. The second-order valence-corrected chi connectivity index (χ2v) is 4.34. The molecule has 2 fully saturated rings. The van der Waals surface area contributed by atoms with Crippen LogP contribution in [0.3, 0.4) is 0 Å². The first-order valence-electron chi connectivity index (χ1n) is 5.42. The molecule has 1 amide bonds. The van der Waals surface area contributed by atoms with Crippen LogP contribution >= 0.6 is 0 Å². The number of esters is 1. The van der Waals surface area contributed by atoms with Crippen molar-refractivity contribution in [2.75, 3.05) is 7.11 Å². The zero-order valence-electron chi connectivity index (χ0n) is 9.16. The van der Waals surface area contributed by atoms with E-state index in [0.717, 1.165) is 12.8 Å². The second-order valence-electron chi connectivity index (χ2n) is 4.34. The number of nitrogens with one attached hydrogen (secondary N) is 2. The third kappa shape index (κ3) is 1.90. The summed E-state index contributed by atoms with van der Waals surface area (Å²) in [5.74, 6) is -0.336. The average molecular weight is 228 g/mol. The van der Waals surface area contributed by atoms with E-state index in [-0.39, 0.29) is 24.2 Å². The average Bonchev–Trinajstić information content (AvgIpc) is 3.03. The Balaban J connectivity index is 2.04. The van der Waals surface area contributed by atoms with Gasteiger partial charge in [0.25, 0.3) is 0 Å². The van der Waals surface area contributed by atoms with Gasteiger partial charge in [0.15, 0.2) is 6.35 Å². The van der Waals surface area contributed by atoms with Crippen molar-refractivity contribution in [2.45, 2.75) is 37.6 Å². The lowest BCUT2D eigenvalue weighted by atomic mass is 9.88. The molecule has 6 heteroatoms. The van der Waals surface area contributed by atoms with Crippen LogP contribution in [0.4, 0.5) is 0 Å². The smallest absolute Gasteiger partial charge is 0.305 e. The number of aliphatic hydroxyl groups is 1. The van der Waals surface area contributed by atoms with Crippen LogP contribution in [0, 0.1) is 5.92 Å². The molecule has 3 N–H and O–H groups in total. The lowest BCUT2D eigenvalue weighted by molar-refractivity contribution is -0.141. The van der Waals surface area contributed by atoms with Gasteiger partial charge < -0.3 is 15.2 Å². The van der Waals surface area contributed by atoms with E-state index in [1.54, 1.807) is 0 Å². The molecule has 0 aromatic carbocycles. The molecule has 0 spiro atoms. The summed E-state index contributed by atoms with van der Waals surface area (Å²) >= 11 is 0. The van der Waals surface area contributed by atoms with Gasteiger partial charge in [-0.1, -0.05) is 0 Å². The van der Waals surface area contributed by atoms with E-state index in [2.05, 4.69) is 15.4 Å². The van der Waals surface area contributed by atoms with Crippen LogP contribution in [-0.4, -0.2) is 36.0 Å². The molecule has 1 heterocycles. The highest BCUT2D eigenvalue weighted by molar-refractivity contribution is 5.89. The van der Waals surface area contributed by atoms with Gasteiger partial charge in [-0.3, -0.25) is 14.9 Å². The number of carbonyl (C=O) groups excluding carboxylic acids is 2. The van der Waals surface area contributed by atoms with Crippen LogP contribution in [0.15, 0.2) is 0 Å². The van der Waals surface area contributed by atoms with Crippen LogP contribution in [0.5, 0.6) is 0 Å². The summed E-state index contributed by atoms with van der Waals surface area (Å²) in [6.45, 7) is 0. The zero-order valence-corrected chi connectivity index (χ0v) is 9.16. The molecule has 1 aliphatic heterocycles. The van der Waals surface area contributed by atoms with Crippen LogP contribution in [0.2, 0.25) is 0 Å². The summed E-state index contributed by atoms with van der Waals surface area (Å²) in [4.78, 5) is 22.9. The number of hydrogen-bond donors (Lipinski definition) is 3. The number of aliphatic hydroxyl groups excluding tert-OH is 1. The van der Waals surface area contributed by atoms with Crippen LogP contribution in [0.25, 0.3) is 0 Å². The Morgan fingerprint density at radius 2 is 2.31 bits per heavy atom. The highest BCUT2D eigenvalue weighted by Crippen LogP contribution is 2.44. The predicted octanol–water partition coefficient (Wildman–Crippen LogP) is -0.916. The molecular weight excluding hydrogens is 212 g/mol. The van der Waals surface area contributed by atoms with Crippen molar-refractivity contribution in [3.8, 4) is 0 Å². The van der Waals surface area contributed by atoms with Gasteiger partial charge in [0, 0.05) is 6.42 Å². The molecule has 2 rings (SSSR count). The fraction of sp³-hybridized carbons (Fsp3) is 0.800. The first-order valence-corrected chi connectivity index (χ1v) is 5.42. The summed E-state index contributed by atoms with van der Waals surface area (Å²) in [6.07, 6.45) is 1.45. The Morgan fingerprint density at radius 3 is 2.75 bits per heavy atom. The van der Waals surface area contributed by atoms with Crippen LogP contribution in [0.1, 0.15) is 25.7 Å². The fourth-order valence-electron chi connectivity index (χ4n) is 2.27. The highest BCUT2D eigenvalue weighted by atomic mass is 16.5. The maximum atomic E-state index is 11.8. The number of methoxy groups -OCH3 is 1. The first-order chi connectivity index (χ1) is 7.58. The van der Waals surface area contributed by atoms with Crippen molar-refractivity contribution in [1.82, 2.24) is 10.6 Å². The second kappa shape index (κ2) is 4.03. The van der Waals surface area contributed by atoms with E-state index in [9.17, 15) is 14.7 Å². The molecule has 16 heavy (non-hydrogen) atoms. The Kier molecular flexibility index (Phi) is 2.86. The van der Waals surface area contributed by atoms with E-state index in [1.165, 1.54) is 7.11 Å². The Labute approximate surface area is 93.3 Å². The van der Waals surface area contributed by atoms with Gasteiger partial charge in [-0.15, -0.1) is 0 Å². The molecule has 0 bridgehead atoms. The highest BCUT2D eigenvalue weighted by Gasteiger charge is 2.55. The van der Waals surface area contributed by atoms with Crippen molar-refractivity contribution in [3.05, 3.63) is 0 Å². The van der Waals surface area contributed by atoms with Crippen molar-refractivity contribution < 1.29 is 19.4 Å². The van der Waals surface area contributed by atoms with Crippen molar-refractivity contribution in [2.24, 2.45) is 5.92 Å². The molecule has 1 saturated carbocycles. The monoisotopic (exact) mass is 228 g/mol. The van der Waals surface area contributed by atoms with Gasteiger partial charge in [-0.05, 0) is 25.2 Å². The lowest BCUT2D eigenvalue weighted by Crippen LogP contribution is -2.50. The van der Waals surface area contributed by atoms with Gasteiger partial charge in [-0.25, -0.2) is 0 Å². The summed E-state index contributed by atoms with van der Waals surface area (Å²) in [7, 11) is 1.32. The van der Waals surface area contributed by atoms with Crippen molar-refractivity contribution >= 4 is 11.9 Å². The number of hydrogen-bond acceptors (Lipinski definition) is 5. The molecule has 2 unspecified atom stereocenters. The van der Waals surface area contributed by atoms with Gasteiger partial charge in [0.1, 0.15) is 5.54 Å². The standard InChI is InChI=1S/C10H16N2O4/c1-16-7(13)4-5-10(6-2-3-6)8(14)11-9(15)12-10/h6,9,12,15H,2-5H2,1H3,(H,11,14). The molecule has 2 aliphatic rings. The molecule has 1 saturated heterocycles. The summed E-state index contributed by atoms with van der Waals surface area (Å²) in [6, 6.07) is 0. The van der Waals surface area contributed by atoms with Crippen LogP contribution < -0.4 is 10.6 Å². The van der Waals surface area contributed by atoms with Gasteiger partial charge in [0.2, 0.25) is 5.91 Å². The predicted molar refractivity (Wildman–Crippen MR) is 54.0 cm³/mol. The molecule has 90 valence electrons. The number of rotatable bonds is 4. The molecule has 2 atom stereocenters. The minimum absolute atomic E-state index is 0.181. The van der Waals surface area contributed by atoms with Crippen LogP contribution in [-0.2, 0) is 14.3 Å². The summed E-state index contributed by atoms with van der Waals surface area (Å²) in [5.41, 5.74) is -0.784. The topological polar surface area (TPSA) is 87.7 Å². The third-order valence-corrected chi connectivity index (χ3v) is 3.29. The minimum Gasteiger partial charge on any atom is -0.469 e. The number of carbonyl (C=O) groups is 2. The van der Waals surface area contributed by atoms with E-state index >= 15 is 0 Å². The fourth-order valence-corrected chi connectivity index (χ4v) is 2.27. The molecule has 0 aromatic heterocycles. The maximum Gasteiger partial charge on any atom is 0.305 e. The molecule has 0 radical (unpaired) electrons. The van der Waals surface area contributed by atoms with Crippen molar-refractivity contribution in [3.63, 3.8) is 0 Å². The van der Waals surface area contributed by atoms with Gasteiger partial charge in [-0.2, -0.15) is 0 Å². The molecule has 1 aliphatic carbocycles. The third-order valence-electron chi connectivity index (χ3n) is 3.29. The molecule has 6 nitrogen and oxygen atoms in total. The normalized spacial score (nSPS) is 33.6. The minimum atomic E-state index is -1.01. The Hall–Kier alpha value is -1.14. The molecular formula is C10H16N2O4. The Morgan fingerprint density at radius 1 is 1.62 bits per heavy atom. The number of ether oxygens (including phenoxy) is 1. The van der Waals surface area contributed by atoms with E-state index in [4.69, 9.17) is 0 Å². The van der Waals surface area contributed by atoms with E-state index in [0.29, 0.717) is 6.42 Å². The maximum absolute atomic E-state index is 11.8. The largest absolute Gasteiger partial charge is 0.469 e. The van der Waals surface area contributed by atoms with E-state index in [1.807, 2.05) is 0 Å². The first kappa shape index (κ1) is 11.3. The lowest BCUT2D eigenvalue weighted by Gasteiger charge is -2.25. The Bertz CT molecular complexity index is 316. The van der Waals surface area contributed by atoms with Gasteiger partial charge >= 0.3 is 5.97 Å². The molecule has 0 aromatic rings. The summed E-state index contributed by atoms with van der Waals surface area (Å²) < 4.78 is 4.56. The summed E-state index contributed by atoms with van der Waals surface area (Å²) in [5, 5.41) is 14.6. The van der Waals surface area contributed by atoms with Gasteiger partial charge in [0.05, 0.1) is 7.11 Å². The zero-order chi connectivity index (χ0) is 11.8. The quantitative estimate of drug-likeness (QED) is 0.542.